The lowest BCUT2D eigenvalue weighted by molar-refractivity contribution is -0.154. The van der Waals surface area contributed by atoms with Crippen molar-refractivity contribution in [2.24, 2.45) is 0 Å². The summed E-state index contributed by atoms with van der Waals surface area (Å²) in [5.74, 6) is -1.02. The summed E-state index contributed by atoms with van der Waals surface area (Å²) in [5.41, 5.74) is 0. The molecule has 0 bridgehead atoms. The Labute approximate surface area is 94.8 Å². The number of hydrogen-bond acceptors (Lipinski definition) is 3. The van der Waals surface area contributed by atoms with Crippen LogP contribution in [-0.4, -0.2) is 66.3 Å². The van der Waals surface area contributed by atoms with E-state index >= 15 is 0 Å². The number of carboxylic acid groups (broad SMARTS) is 1. The molecule has 1 rings (SSSR count). The van der Waals surface area contributed by atoms with Crippen molar-refractivity contribution < 1.29 is 19.4 Å². The summed E-state index contributed by atoms with van der Waals surface area (Å²) in [6.07, 6.45) is -0.0118. The molecule has 6 nitrogen and oxygen atoms in total. The summed E-state index contributed by atoms with van der Waals surface area (Å²) in [5, 5.41) is 8.80. The first kappa shape index (κ1) is 12.8. The van der Waals surface area contributed by atoms with E-state index in [0.29, 0.717) is 13.1 Å². The maximum atomic E-state index is 11.9. The molecule has 0 aromatic rings. The van der Waals surface area contributed by atoms with Crippen molar-refractivity contribution in [2.45, 2.75) is 19.4 Å². The topological polar surface area (TPSA) is 70.1 Å². The first-order valence-corrected chi connectivity index (χ1v) is 5.40. The lowest BCUT2D eigenvalue weighted by Gasteiger charge is -2.33. The van der Waals surface area contributed by atoms with Gasteiger partial charge in [0.1, 0.15) is 0 Å². The van der Waals surface area contributed by atoms with Crippen LogP contribution in [0.15, 0.2) is 0 Å². The van der Waals surface area contributed by atoms with Crippen LogP contribution >= 0.6 is 0 Å². The zero-order valence-corrected chi connectivity index (χ0v) is 9.68. The van der Waals surface area contributed by atoms with E-state index in [1.54, 1.807) is 11.9 Å². The highest BCUT2D eigenvalue weighted by molar-refractivity contribution is 5.77. The van der Waals surface area contributed by atoms with Crippen LogP contribution in [0.1, 0.15) is 13.3 Å². The molecule has 1 atom stereocenters. The van der Waals surface area contributed by atoms with Crippen molar-refractivity contribution in [1.82, 2.24) is 9.80 Å². The third-order valence-electron chi connectivity index (χ3n) is 2.50. The first-order chi connectivity index (χ1) is 7.56. The number of carboxylic acids is 1. The van der Waals surface area contributed by atoms with Crippen LogP contribution in [0.2, 0.25) is 0 Å². The largest absolute Gasteiger partial charge is 0.479 e. The van der Waals surface area contributed by atoms with Gasteiger partial charge < -0.3 is 19.6 Å². The van der Waals surface area contributed by atoms with Crippen molar-refractivity contribution in [1.29, 1.82) is 0 Å². The molecule has 0 aromatic heterocycles. The molecule has 0 spiro atoms. The number of rotatable bonds is 3. The quantitative estimate of drug-likeness (QED) is 0.753. The Morgan fingerprint density at radius 1 is 1.56 bits per heavy atom. The monoisotopic (exact) mass is 230 g/mol. The van der Waals surface area contributed by atoms with Crippen molar-refractivity contribution in [3.8, 4) is 0 Å². The highest BCUT2D eigenvalue weighted by Crippen LogP contribution is 2.08. The maximum Gasteiger partial charge on any atom is 0.334 e. The number of carbonyl (C=O) groups is 2. The Balaban J connectivity index is 2.53. The van der Waals surface area contributed by atoms with Crippen LogP contribution in [-0.2, 0) is 9.53 Å². The van der Waals surface area contributed by atoms with Gasteiger partial charge in [-0.15, -0.1) is 0 Å². The highest BCUT2D eigenvalue weighted by atomic mass is 16.5. The fourth-order valence-corrected chi connectivity index (χ4v) is 1.64. The van der Waals surface area contributed by atoms with Crippen molar-refractivity contribution in [3.63, 3.8) is 0 Å². The molecule has 0 aliphatic carbocycles. The lowest BCUT2D eigenvalue weighted by Crippen LogP contribution is -2.52. The molecule has 1 unspecified atom stereocenters. The van der Waals surface area contributed by atoms with E-state index in [0.717, 1.165) is 6.42 Å². The van der Waals surface area contributed by atoms with E-state index in [-0.39, 0.29) is 19.2 Å². The van der Waals surface area contributed by atoms with Crippen molar-refractivity contribution in [2.75, 3.05) is 33.3 Å². The average molecular weight is 230 g/mol. The van der Waals surface area contributed by atoms with Crippen LogP contribution in [0.25, 0.3) is 0 Å². The third kappa shape index (κ3) is 3.10. The van der Waals surface area contributed by atoms with E-state index in [1.807, 2.05) is 6.92 Å². The number of hydrogen-bond donors (Lipinski definition) is 1. The summed E-state index contributed by atoms with van der Waals surface area (Å²) in [6, 6.07) is -0.128. The van der Waals surface area contributed by atoms with Gasteiger partial charge >= 0.3 is 12.0 Å². The van der Waals surface area contributed by atoms with E-state index < -0.39 is 12.1 Å². The molecule has 0 radical (unpaired) electrons. The van der Waals surface area contributed by atoms with Gasteiger partial charge in [0, 0.05) is 20.1 Å². The average Bonchev–Trinajstić information content (AvgIpc) is 2.28. The summed E-state index contributed by atoms with van der Waals surface area (Å²) in [7, 11) is 1.72. The standard InChI is InChI=1S/C10H18N2O4/c1-3-4-11(2)10(15)12-5-6-16-8(7-12)9(13)14/h8H,3-7H2,1-2H3,(H,13,14). The molecule has 16 heavy (non-hydrogen) atoms. The number of aliphatic carboxylic acids is 1. The van der Waals surface area contributed by atoms with Crippen molar-refractivity contribution in [3.05, 3.63) is 0 Å². The molecule has 92 valence electrons. The molecule has 1 heterocycles. The van der Waals surface area contributed by atoms with Crippen LogP contribution in [0, 0.1) is 0 Å². The van der Waals surface area contributed by atoms with Gasteiger partial charge in [0.25, 0.3) is 0 Å². The second-order valence-electron chi connectivity index (χ2n) is 3.85. The van der Waals surface area contributed by atoms with Gasteiger partial charge in [0.2, 0.25) is 0 Å². The van der Waals surface area contributed by atoms with Crippen LogP contribution < -0.4 is 0 Å². The van der Waals surface area contributed by atoms with Gasteiger partial charge in [-0.2, -0.15) is 0 Å². The second kappa shape index (κ2) is 5.69. The third-order valence-corrected chi connectivity index (χ3v) is 2.50. The molecular weight excluding hydrogens is 212 g/mol. The number of carbonyl (C=O) groups excluding carboxylic acids is 1. The number of urea groups is 1. The minimum Gasteiger partial charge on any atom is -0.479 e. The van der Waals surface area contributed by atoms with Crippen molar-refractivity contribution >= 4 is 12.0 Å². The number of morpholine rings is 1. The smallest absolute Gasteiger partial charge is 0.334 e. The van der Waals surface area contributed by atoms with Gasteiger partial charge in [-0.3, -0.25) is 0 Å². The van der Waals surface area contributed by atoms with E-state index in [9.17, 15) is 9.59 Å². The normalized spacial score (nSPS) is 20.6. The molecule has 1 N–H and O–H groups in total. The Morgan fingerprint density at radius 3 is 2.81 bits per heavy atom. The summed E-state index contributed by atoms with van der Waals surface area (Å²) < 4.78 is 5.05. The van der Waals surface area contributed by atoms with E-state index in [4.69, 9.17) is 9.84 Å². The van der Waals surface area contributed by atoms with Gasteiger partial charge in [-0.1, -0.05) is 6.92 Å². The summed E-state index contributed by atoms with van der Waals surface area (Å²) in [6.45, 7) is 3.53. The Morgan fingerprint density at radius 2 is 2.25 bits per heavy atom. The number of nitrogens with zero attached hydrogens (tertiary/aromatic N) is 2. The molecule has 6 heteroatoms. The maximum absolute atomic E-state index is 11.9. The molecule has 2 amide bonds. The molecule has 1 saturated heterocycles. The number of ether oxygens (including phenoxy) is 1. The zero-order valence-electron chi connectivity index (χ0n) is 9.68. The van der Waals surface area contributed by atoms with Crippen LogP contribution in [0.3, 0.4) is 0 Å². The minimum absolute atomic E-state index is 0.127. The van der Waals surface area contributed by atoms with Gasteiger partial charge in [-0.25, -0.2) is 9.59 Å². The molecule has 1 aliphatic rings. The van der Waals surface area contributed by atoms with E-state index in [2.05, 4.69) is 0 Å². The predicted octanol–water partition coefficient (Wildman–Crippen LogP) is 0.234. The van der Waals surface area contributed by atoms with Gasteiger partial charge in [0.05, 0.1) is 13.2 Å². The zero-order chi connectivity index (χ0) is 12.1. The first-order valence-electron chi connectivity index (χ1n) is 5.40. The Hall–Kier alpha value is -1.30. The SMILES string of the molecule is CCCN(C)C(=O)N1CCOC(C(=O)O)C1. The lowest BCUT2D eigenvalue weighted by atomic mass is 10.3. The molecule has 1 aliphatic heterocycles. The highest BCUT2D eigenvalue weighted by Gasteiger charge is 2.29. The predicted molar refractivity (Wildman–Crippen MR) is 57.3 cm³/mol. The van der Waals surface area contributed by atoms with Gasteiger partial charge in [0.15, 0.2) is 6.10 Å². The molecular formula is C10H18N2O4. The van der Waals surface area contributed by atoms with Crippen LogP contribution in [0.4, 0.5) is 4.79 Å². The van der Waals surface area contributed by atoms with E-state index in [1.165, 1.54) is 4.90 Å². The fourth-order valence-electron chi connectivity index (χ4n) is 1.64. The Bertz CT molecular complexity index is 270. The molecule has 0 aromatic carbocycles. The summed E-state index contributed by atoms with van der Waals surface area (Å²) >= 11 is 0. The fraction of sp³-hybridized carbons (Fsp3) is 0.800. The molecule has 0 saturated carbocycles. The van der Waals surface area contributed by atoms with Gasteiger partial charge in [-0.05, 0) is 6.42 Å². The second-order valence-corrected chi connectivity index (χ2v) is 3.85. The number of amides is 2. The van der Waals surface area contributed by atoms with Crippen LogP contribution in [0.5, 0.6) is 0 Å². The molecule has 1 fully saturated rings. The summed E-state index contributed by atoms with van der Waals surface area (Å²) in [4.78, 5) is 25.7. The Kier molecular flexibility index (Phi) is 4.54. The minimum atomic E-state index is -1.02.